The van der Waals surface area contributed by atoms with Crippen LogP contribution in [0.3, 0.4) is 0 Å². The molecule has 1 aliphatic rings. The Morgan fingerprint density at radius 3 is 2.51 bits per heavy atom. The molecule has 1 saturated carbocycles. The molecule has 1 aliphatic carbocycles. The lowest BCUT2D eigenvalue weighted by atomic mass is 9.81. The summed E-state index contributed by atoms with van der Waals surface area (Å²) in [6.07, 6.45) is 8.80. The molecule has 5 rings (SSSR count). The number of fused-ring (bicyclic) bond motifs is 1. The van der Waals surface area contributed by atoms with Gasteiger partial charge in [-0.25, -0.2) is 9.37 Å². The minimum atomic E-state index is -0.248. The van der Waals surface area contributed by atoms with Crippen molar-refractivity contribution in [2.45, 2.75) is 44.2 Å². The van der Waals surface area contributed by atoms with Gasteiger partial charge in [-0.2, -0.15) is 4.98 Å². The van der Waals surface area contributed by atoms with Crippen molar-refractivity contribution in [1.29, 1.82) is 0 Å². The molecule has 0 atom stereocenters. The van der Waals surface area contributed by atoms with Crippen LogP contribution in [0.15, 0.2) is 60.9 Å². The van der Waals surface area contributed by atoms with Gasteiger partial charge >= 0.3 is 0 Å². The van der Waals surface area contributed by atoms with E-state index in [-0.39, 0.29) is 5.82 Å². The van der Waals surface area contributed by atoms with Gasteiger partial charge in [0.15, 0.2) is 0 Å². The average Bonchev–Trinajstić information content (AvgIpc) is 3.26. The second-order valence-corrected chi connectivity index (χ2v) is 9.68. The highest BCUT2D eigenvalue weighted by Crippen LogP contribution is 2.34. The Bertz CT molecular complexity index is 1290. The van der Waals surface area contributed by atoms with Crippen LogP contribution >= 0.6 is 0 Å². The Kier molecular flexibility index (Phi) is 6.68. The summed E-state index contributed by atoms with van der Waals surface area (Å²) in [4.78, 5) is 11.6. The van der Waals surface area contributed by atoms with Gasteiger partial charge in [0.05, 0.1) is 6.54 Å². The average molecular weight is 473 g/mol. The van der Waals surface area contributed by atoms with Crippen molar-refractivity contribution < 1.29 is 4.39 Å². The van der Waals surface area contributed by atoms with Crippen LogP contribution < -0.4 is 10.6 Å². The molecule has 0 unspecified atom stereocenters. The fourth-order valence-electron chi connectivity index (χ4n) is 5.17. The van der Waals surface area contributed by atoms with E-state index in [0.29, 0.717) is 24.5 Å². The van der Waals surface area contributed by atoms with Gasteiger partial charge in [-0.05, 0) is 93.2 Å². The highest BCUT2D eigenvalue weighted by molar-refractivity contribution is 5.77. The molecule has 35 heavy (non-hydrogen) atoms. The SMILES string of the molecule is CNc1ccc(F)cc1Cn1ccc2cnc(Nc3ccc(C4CCC(N(C)C)CC4)cc3)nc21. The lowest BCUT2D eigenvalue weighted by molar-refractivity contribution is 0.216. The van der Waals surface area contributed by atoms with Crippen LogP contribution in [0.2, 0.25) is 0 Å². The Morgan fingerprint density at radius 2 is 1.80 bits per heavy atom. The number of halogens is 1. The maximum absolute atomic E-state index is 13.9. The van der Waals surface area contributed by atoms with E-state index in [1.54, 1.807) is 12.1 Å². The molecular formula is C28H33FN6. The third-order valence-electron chi connectivity index (χ3n) is 7.24. The normalized spacial score (nSPS) is 18.2. The molecule has 2 heterocycles. The number of nitrogens with one attached hydrogen (secondary N) is 2. The van der Waals surface area contributed by atoms with Crippen LogP contribution in [0.1, 0.15) is 42.7 Å². The quantitative estimate of drug-likeness (QED) is 0.346. The third kappa shape index (κ3) is 5.15. The maximum Gasteiger partial charge on any atom is 0.229 e. The predicted molar refractivity (Wildman–Crippen MR) is 141 cm³/mol. The number of nitrogens with zero attached hydrogens (tertiary/aromatic N) is 4. The molecular weight excluding hydrogens is 439 g/mol. The lowest BCUT2D eigenvalue weighted by Crippen LogP contribution is -2.31. The first-order valence-electron chi connectivity index (χ1n) is 12.3. The molecule has 0 amide bonds. The Balaban J connectivity index is 1.30. The molecule has 0 aliphatic heterocycles. The van der Waals surface area contributed by atoms with Gasteiger partial charge in [-0.15, -0.1) is 0 Å². The highest BCUT2D eigenvalue weighted by atomic mass is 19.1. The number of hydrogen-bond acceptors (Lipinski definition) is 5. The van der Waals surface area contributed by atoms with Crippen molar-refractivity contribution in [3.05, 3.63) is 77.9 Å². The smallest absolute Gasteiger partial charge is 0.229 e. The molecule has 2 N–H and O–H groups in total. The van der Waals surface area contributed by atoms with E-state index in [0.717, 1.165) is 28.0 Å². The number of hydrogen-bond donors (Lipinski definition) is 2. The Morgan fingerprint density at radius 1 is 1.03 bits per heavy atom. The van der Waals surface area contributed by atoms with E-state index >= 15 is 0 Å². The van der Waals surface area contributed by atoms with Gasteiger partial charge < -0.3 is 20.1 Å². The molecule has 4 aromatic rings. The van der Waals surface area contributed by atoms with E-state index in [9.17, 15) is 4.39 Å². The zero-order chi connectivity index (χ0) is 24.4. The van der Waals surface area contributed by atoms with E-state index < -0.39 is 0 Å². The third-order valence-corrected chi connectivity index (χ3v) is 7.24. The van der Waals surface area contributed by atoms with Crippen molar-refractivity contribution in [1.82, 2.24) is 19.4 Å². The molecule has 6 nitrogen and oxygen atoms in total. The van der Waals surface area contributed by atoms with Gasteiger partial charge in [0.1, 0.15) is 11.5 Å². The Labute approximate surface area is 206 Å². The molecule has 7 heteroatoms. The number of anilines is 3. The summed E-state index contributed by atoms with van der Waals surface area (Å²) in [5.41, 5.74) is 4.96. The highest BCUT2D eigenvalue weighted by Gasteiger charge is 2.23. The van der Waals surface area contributed by atoms with Gasteiger partial charge in [-0.1, -0.05) is 12.1 Å². The van der Waals surface area contributed by atoms with Gasteiger partial charge in [0.25, 0.3) is 0 Å². The molecule has 182 valence electrons. The first kappa shape index (κ1) is 23.3. The summed E-state index contributed by atoms with van der Waals surface area (Å²) in [7, 11) is 6.21. The topological polar surface area (TPSA) is 58.0 Å². The summed E-state index contributed by atoms with van der Waals surface area (Å²) in [5.74, 6) is 0.938. The summed E-state index contributed by atoms with van der Waals surface area (Å²) in [6, 6.07) is 16.2. The molecule has 0 saturated heterocycles. The minimum absolute atomic E-state index is 0.248. The van der Waals surface area contributed by atoms with E-state index in [4.69, 9.17) is 4.98 Å². The first-order chi connectivity index (χ1) is 17.0. The summed E-state index contributed by atoms with van der Waals surface area (Å²) in [5, 5.41) is 7.43. The predicted octanol–water partition coefficient (Wildman–Crippen LogP) is 5.99. The lowest BCUT2D eigenvalue weighted by Gasteiger charge is -2.32. The Hall–Kier alpha value is -3.45. The molecule has 0 bridgehead atoms. The second-order valence-electron chi connectivity index (χ2n) is 9.68. The van der Waals surface area contributed by atoms with E-state index in [2.05, 4.69) is 58.9 Å². The zero-order valence-corrected chi connectivity index (χ0v) is 20.6. The molecule has 2 aromatic heterocycles. The van der Waals surface area contributed by atoms with Crippen molar-refractivity contribution >= 4 is 28.4 Å². The monoisotopic (exact) mass is 472 g/mol. The van der Waals surface area contributed by atoms with Crippen molar-refractivity contribution in [2.75, 3.05) is 31.8 Å². The van der Waals surface area contributed by atoms with Crippen LogP contribution in [0, 0.1) is 5.82 Å². The fraction of sp³-hybridized carbons (Fsp3) is 0.357. The largest absolute Gasteiger partial charge is 0.388 e. The van der Waals surface area contributed by atoms with Gasteiger partial charge in [-0.3, -0.25) is 0 Å². The van der Waals surface area contributed by atoms with Crippen LogP contribution in [0.4, 0.5) is 21.7 Å². The second kappa shape index (κ2) is 10.0. The van der Waals surface area contributed by atoms with Crippen LogP contribution in [0.25, 0.3) is 11.0 Å². The summed E-state index contributed by atoms with van der Waals surface area (Å²) in [6.45, 7) is 0.513. The minimum Gasteiger partial charge on any atom is -0.388 e. The zero-order valence-electron chi connectivity index (χ0n) is 20.6. The van der Waals surface area contributed by atoms with Crippen LogP contribution in [-0.4, -0.2) is 46.6 Å². The van der Waals surface area contributed by atoms with Gasteiger partial charge in [0, 0.05) is 42.2 Å². The molecule has 2 aromatic carbocycles. The molecule has 0 radical (unpaired) electrons. The van der Waals surface area contributed by atoms with E-state index in [1.165, 1.54) is 37.3 Å². The van der Waals surface area contributed by atoms with E-state index in [1.807, 2.05) is 30.1 Å². The molecule has 1 fully saturated rings. The first-order valence-corrected chi connectivity index (χ1v) is 12.3. The number of rotatable bonds is 7. The van der Waals surface area contributed by atoms with Crippen LogP contribution in [-0.2, 0) is 6.54 Å². The van der Waals surface area contributed by atoms with Crippen molar-refractivity contribution in [2.24, 2.45) is 0 Å². The van der Waals surface area contributed by atoms with Crippen molar-refractivity contribution in [3.8, 4) is 0 Å². The van der Waals surface area contributed by atoms with Gasteiger partial charge in [0.2, 0.25) is 5.95 Å². The standard InChI is InChI=1S/C28H33FN6/c1-30-26-13-8-23(29)16-22(26)18-35-15-14-21-17-31-28(33-27(21)35)32-24-9-4-19(5-10-24)20-6-11-25(12-7-20)34(2)3/h4-5,8-10,13-17,20,25,30H,6-7,11-12,18H2,1-3H3,(H,31,32,33). The summed E-state index contributed by atoms with van der Waals surface area (Å²) >= 11 is 0. The maximum atomic E-state index is 13.9. The number of benzene rings is 2. The number of aromatic nitrogens is 3. The molecule has 0 spiro atoms. The fourth-order valence-corrected chi connectivity index (χ4v) is 5.17. The van der Waals surface area contributed by atoms with Crippen LogP contribution in [0.5, 0.6) is 0 Å². The summed E-state index contributed by atoms with van der Waals surface area (Å²) < 4.78 is 15.9. The van der Waals surface area contributed by atoms with Crippen molar-refractivity contribution in [3.63, 3.8) is 0 Å².